The fourth-order valence-corrected chi connectivity index (χ4v) is 4.87. The molecule has 1 amide bonds. The van der Waals surface area contributed by atoms with E-state index in [0.717, 1.165) is 31.0 Å². The van der Waals surface area contributed by atoms with Gasteiger partial charge in [-0.25, -0.2) is 4.99 Å². The molecule has 2 aromatic rings. The van der Waals surface area contributed by atoms with E-state index in [1.165, 1.54) is 16.7 Å². The van der Waals surface area contributed by atoms with Gasteiger partial charge in [-0.05, 0) is 60.2 Å². The van der Waals surface area contributed by atoms with Crippen LogP contribution < -0.4 is 10.1 Å². The lowest BCUT2D eigenvalue weighted by Crippen LogP contribution is -2.44. The molecule has 0 bridgehead atoms. The first-order chi connectivity index (χ1) is 17.5. The number of rotatable bonds is 5. The summed E-state index contributed by atoms with van der Waals surface area (Å²) in [6.07, 6.45) is 6.28. The van der Waals surface area contributed by atoms with Gasteiger partial charge in [-0.1, -0.05) is 37.3 Å². The molecule has 0 aliphatic carbocycles. The van der Waals surface area contributed by atoms with Crippen LogP contribution in [0.5, 0.6) is 5.75 Å². The second kappa shape index (κ2) is 10.7. The van der Waals surface area contributed by atoms with Crippen molar-refractivity contribution in [2.45, 2.75) is 32.9 Å². The Hall–Kier alpha value is -3.42. The van der Waals surface area contributed by atoms with Crippen molar-refractivity contribution in [2.75, 3.05) is 38.1 Å². The first kappa shape index (κ1) is 24.3. The molecule has 7 nitrogen and oxygen atoms in total. The van der Waals surface area contributed by atoms with Gasteiger partial charge >= 0.3 is 0 Å². The second-order valence-corrected chi connectivity index (χ2v) is 9.88. The van der Waals surface area contributed by atoms with Crippen molar-refractivity contribution in [2.24, 2.45) is 10.9 Å². The average molecular weight is 487 g/mol. The minimum absolute atomic E-state index is 0.128. The first-order valence-corrected chi connectivity index (χ1v) is 12.7. The predicted molar refractivity (Wildman–Crippen MR) is 142 cm³/mol. The Morgan fingerprint density at radius 3 is 2.86 bits per heavy atom. The molecular formula is C29H34N4O3. The van der Waals surface area contributed by atoms with Gasteiger partial charge in [0, 0.05) is 38.1 Å². The zero-order valence-electron chi connectivity index (χ0n) is 21.0. The number of ether oxygens (including phenoxy) is 1. The maximum absolute atomic E-state index is 13.5. The number of nitrogens with zero attached hydrogens (tertiary/aromatic N) is 3. The second-order valence-electron chi connectivity index (χ2n) is 9.88. The quantitative estimate of drug-likeness (QED) is 0.671. The molecule has 0 spiro atoms. The number of fused-ring (bicyclic) bond motifs is 2. The summed E-state index contributed by atoms with van der Waals surface area (Å²) in [6, 6.07) is 14.0. The molecule has 1 unspecified atom stereocenters. The van der Waals surface area contributed by atoms with Crippen molar-refractivity contribution in [3.05, 3.63) is 83.1 Å². The van der Waals surface area contributed by atoms with Gasteiger partial charge < -0.3 is 20.1 Å². The Kier molecular flexibility index (Phi) is 7.20. The molecule has 2 aromatic carbocycles. The zero-order chi connectivity index (χ0) is 25.1. The van der Waals surface area contributed by atoms with E-state index in [9.17, 15) is 9.90 Å². The van der Waals surface area contributed by atoms with Gasteiger partial charge in [0.15, 0.2) is 0 Å². The number of amidine groups is 1. The number of anilines is 1. The Bertz CT molecular complexity index is 1220. The molecule has 3 aliphatic heterocycles. The highest BCUT2D eigenvalue weighted by Gasteiger charge is 2.27. The Morgan fingerprint density at radius 2 is 2.00 bits per heavy atom. The summed E-state index contributed by atoms with van der Waals surface area (Å²) in [7, 11) is 0. The van der Waals surface area contributed by atoms with E-state index in [-0.39, 0.29) is 12.5 Å². The summed E-state index contributed by atoms with van der Waals surface area (Å²) in [6.45, 7) is 7.57. The average Bonchev–Trinajstić information content (AvgIpc) is 3.13. The summed E-state index contributed by atoms with van der Waals surface area (Å²) >= 11 is 0. The Labute approximate surface area is 212 Å². The molecule has 0 saturated carbocycles. The number of aliphatic imine (C=N–C) groups is 1. The molecule has 188 valence electrons. The predicted octanol–water partition coefficient (Wildman–Crippen LogP) is 3.86. The minimum Gasteiger partial charge on any atom is -0.491 e. The van der Waals surface area contributed by atoms with Crippen LogP contribution in [0.25, 0.3) is 0 Å². The van der Waals surface area contributed by atoms with Crippen molar-refractivity contribution >= 4 is 17.4 Å². The summed E-state index contributed by atoms with van der Waals surface area (Å²) in [5.74, 6) is 1.49. The molecule has 36 heavy (non-hydrogen) atoms. The van der Waals surface area contributed by atoms with Gasteiger partial charge in [0.05, 0.1) is 18.2 Å². The number of β-amino-alcohol motifs (C(OH)–C–C–N with tert-alkyl or cyclic N) is 1. The molecular weight excluding hydrogens is 452 g/mol. The number of allylic oxidation sites excluding steroid dienone is 2. The van der Waals surface area contributed by atoms with Crippen LogP contribution in [0.4, 0.5) is 5.69 Å². The van der Waals surface area contributed by atoms with E-state index in [0.29, 0.717) is 36.9 Å². The molecule has 0 aromatic heterocycles. The van der Waals surface area contributed by atoms with Gasteiger partial charge in [0.25, 0.3) is 5.91 Å². The van der Waals surface area contributed by atoms with Crippen molar-refractivity contribution < 1.29 is 14.6 Å². The lowest BCUT2D eigenvalue weighted by Gasteiger charge is -2.32. The highest BCUT2D eigenvalue weighted by atomic mass is 16.5. The number of nitrogens with one attached hydrogen (secondary N) is 1. The van der Waals surface area contributed by atoms with E-state index >= 15 is 0 Å². The molecule has 3 aliphatic rings. The molecule has 3 heterocycles. The number of carbonyl (C=O) groups excluding carboxylic acids is 1. The van der Waals surface area contributed by atoms with Crippen LogP contribution in [0.1, 0.15) is 35.3 Å². The van der Waals surface area contributed by atoms with Gasteiger partial charge in [-0.2, -0.15) is 0 Å². The molecule has 0 fully saturated rings. The molecule has 2 atom stereocenters. The van der Waals surface area contributed by atoms with Crippen molar-refractivity contribution in [1.29, 1.82) is 0 Å². The van der Waals surface area contributed by atoms with Gasteiger partial charge in [0.1, 0.15) is 18.2 Å². The highest BCUT2D eigenvalue weighted by Crippen LogP contribution is 2.27. The number of hydrogen-bond acceptors (Lipinski definition) is 6. The lowest BCUT2D eigenvalue weighted by molar-refractivity contribution is 0.0501. The number of aliphatic hydroxyl groups excluding tert-OH is 1. The van der Waals surface area contributed by atoms with E-state index in [1.807, 2.05) is 30.5 Å². The van der Waals surface area contributed by atoms with Crippen molar-refractivity contribution in [3.8, 4) is 5.75 Å². The topological polar surface area (TPSA) is 77.4 Å². The molecule has 0 radical (unpaired) electrons. The largest absolute Gasteiger partial charge is 0.491 e. The standard InChI is InChI=1S/C29H34N4O3/c1-20-7-10-28(30-16-21(20)2)31-24-8-9-27-26(15-24)29(35)33(13-14-36-27)19-25(34)18-32-12-11-22-5-3-4-6-23(22)17-32/h3-10,15-16,20,25,34H,11-14,17-19H2,1-2H3,(H,30,31)/t20?,25-/m1/s1. The lowest BCUT2D eigenvalue weighted by atomic mass is 10.00. The number of aliphatic hydroxyl groups is 1. The smallest absolute Gasteiger partial charge is 0.257 e. The number of amides is 1. The molecule has 5 rings (SSSR count). The first-order valence-electron chi connectivity index (χ1n) is 12.7. The summed E-state index contributed by atoms with van der Waals surface area (Å²) in [5, 5.41) is 14.2. The maximum Gasteiger partial charge on any atom is 0.257 e. The fraction of sp³-hybridized carbons (Fsp3) is 0.379. The monoisotopic (exact) mass is 486 g/mol. The molecule has 7 heteroatoms. The fourth-order valence-electron chi connectivity index (χ4n) is 4.87. The van der Waals surface area contributed by atoms with Gasteiger partial charge in [-0.3, -0.25) is 9.69 Å². The number of benzene rings is 2. The Morgan fingerprint density at radius 1 is 1.17 bits per heavy atom. The van der Waals surface area contributed by atoms with Crippen LogP contribution in [0, 0.1) is 5.92 Å². The summed E-state index contributed by atoms with van der Waals surface area (Å²) in [4.78, 5) is 21.9. The minimum atomic E-state index is -0.635. The summed E-state index contributed by atoms with van der Waals surface area (Å²) < 4.78 is 5.88. The maximum atomic E-state index is 13.5. The van der Waals surface area contributed by atoms with Crippen molar-refractivity contribution in [1.82, 2.24) is 9.80 Å². The normalized spacial score (nSPS) is 20.8. The van der Waals surface area contributed by atoms with Crippen LogP contribution in [-0.4, -0.2) is 65.5 Å². The van der Waals surface area contributed by atoms with Crippen LogP contribution in [0.15, 0.2) is 71.4 Å². The van der Waals surface area contributed by atoms with Crippen LogP contribution in [0.2, 0.25) is 0 Å². The Balaban J connectivity index is 1.25. The van der Waals surface area contributed by atoms with E-state index in [1.54, 1.807) is 4.90 Å². The van der Waals surface area contributed by atoms with Gasteiger partial charge in [-0.15, -0.1) is 0 Å². The van der Waals surface area contributed by atoms with E-state index in [4.69, 9.17) is 4.74 Å². The van der Waals surface area contributed by atoms with E-state index in [2.05, 4.69) is 59.4 Å². The zero-order valence-corrected chi connectivity index (χ0v) is 21.0. The van der Waals surface area contributed by atoms with Crippen LogP contribution >= 0.6 is 0 Å². The van der Waals surface area contributed by atoms with Crippen molar-refractivity contribution in [3.63, 3.8) is 0 Å². The number of carbonyl (C=O) groups is 1. The van der Waals surface area contributed by atoms with Crippen LogP contribution in [-0.2, 0) is 13.0 Å². The molecule has 2 N–H and O–H groups in total. The molecule has 0 saturated heterocycles. The number of hydrogen-bond donors (Lipinski definition) is 2. The van der Waals surface area contributed by atoms with Gasteiger partial charge in [0.2, 0.25) is 0 Å². The highest BCUT2D eigenvalue weighted by molar-refractivity contribution is 6.05. The SMILES string of the molecule is CC1=CN=C(Nc2ccc3c(c2)C(=O)N(C[C@H](O)CN2CCc4ccccc4C2)CCO3)C=CC1C. The van der Waals surface area contributed by atoms with Crippen LogP contribution in [0.3, 0.4) is 0 Å². The van der Waals surface area contributed by atoms with E-state index < -0.39 is 6.10 Å². The third kappa shape index (κ3) is 5.53. The third-order valence-electron chi connectivity index (χ3n) is 7.17. The summed E-state index contributed by atoms with van der Waals surface area (Å²) in [5.41, 5.74) is 5.16. The third-order valence-corrected chi connectivity index (χ3v) is 7.17.